The molecule has 0 aliphatic carbocycles. The summed E-state index contributed by atoms with van der Waals surface area (Å²) in [6.45, 7) is 0. The van der Waals surface area contributed by atoms with Crippen molar-refractivity contribution < 1.29 is 12.4 Å². The lowest BCUT2D eigenvalue weighted by Gasteiger charge is -2.11. The Morgan fingerprint density at radius 2 is 1.31 bits per heavy atom. The molecule has 0 radical (unpaired) electrons. The van der Waals surface area contributed by atoms with E-state index in [1.165, 1.54) is 11.1 Å². The molecule has 0 aromatic heterocycles. The molecule has 2 rings (SSSR count). The highest BCUT2D eigenvalue weighted by molar-refractivity contribution is 5.23. The zero-order valence-corrected chi connectivity index (χ0v) is 9.77. The molecule has 0 aliphatic heterocycles. The van der Waals surface area contributed by atoms with Crippen molar-refractivity contribution in [1.29, 1.82) is 0 Å². The van der Waals surface area contributed by atoms with E-state index in [1.54, 1.807) is 0 Å². The lowest BCUT2D eigenvalue weighted by atomic mass is 10.00. The summed E-state index contributed by atoms with van der Waals surface area (Å²) < 4.78 is 0. The van der Waals surface area contributed by atoms with Crippen molar-refractivity contribution in [3.63, 3.8) is 0 Å². The Kier molecular flexibility index (Phi) is 5.03. The quantitative estimate of drug-likeness (QED) is 0.788. The SMILES string of the molecule is NC(Cc1ccccc1)c1ccccc1.[Cl-]. The first-order valence-corrected chi connectivity index (χ1v) is 5.21. The first-order valence-electron chi connectivity index (χ1n) is 5.21. The third kappa shape index (κ3) is 3.37. The maximum Gasteiger partial charge on any atom is 0.0335 e. The van der Waals surface area contributed by atoms with Gasteiger partial charge in [0.1, 0.15) is 0 Å². The van der Waals surface area contributed by atoms with Crippen LogP contribution in [0.15, 0.2) is 60.7 Å². The molecule has 0 spiro atoms. The largest absolute Gasteiger partial charge is 1.00 e. The second kappa shape index (κ2) is 6.31. The summed E-state index contributed by atoms with van der Waals surface area (Å²) in [5.74, 6) is 0. The maximum absolute atomic E-state index is 6.13. The predicted octanol–water partition coefficient (Wildman–Crippen LogP) is -0.0669. The molecule has 0 bridgehead atoms. The first kappa shape index (κ1) is 12.8. The fraction of sp³-hybridized carbons (Fsp3) is 0.143. The van der Waals surface area contributed by atoms with E-state index in [-0.39, 0.29) is 18.4 Å². The van der Waals surface area contributed by atoms with Gasteiger partial charge in [0.2, 0.25) is 0 Å². The van der Waals surface area contributed by atoms with Gasteiger partial charge in [0, 0.05) is 6.04 Å². The fourth-order valence-corrected chi connectivity index (χ4v) is 1.69. The van der Waals surface area contributed by atoms with Gasteiger partial charge in [-0.05, 0) is 17.5 Å². The molecule has 1 unspecified atom stereocenters. The van der Waals surface area contributed by atoms with E-state index in [0.29, 0.717) is 0 Å². The Morgan fingerprint density at radius 1 is 0.812 bits per heavy atom. The zero-order valence-electron chi connectivity index (χ0n) is 9.01. The van der Waals surface area contributed by atoms with Crippen LogP contribution in [0.2, 0.25) is 0 Å². The minimum Gasteiger partial charge on any atom is -1.00 e. The van der Waals surface area contributed by atoms with Gasteiger partial charge < -0.3 is 18.1 Å². The van der Waals surface area contributed by atoms with Crippen LogP contribution in [0.4, 0.5) is 0 Å². The van der Waals surface area contributed by atoms with Crippen LogP contribution >= 0.6 is 0 Å². The summed E-state index contributed by atoms with van der Waals surface area (Å²) in [5.41, 5.74) is 8.61. The molecule has 84 valence electrons. The van der Waals surface area contributed by atoms with E-state index >= 15 is 0 Å². The minimum atomic E-state index is 0. The van der Waals surface area contributed by atoms with E-state index in [0.717, 1.165) is 6.42 Å². The fourth-order valence-electron chi connectivity index (χ4n) is 1.69. The summed E-state index contributed by atoms with van der Waals surface area (Å²) >= 11 is 0. The van der Waals surface area contributed by atoms with Crippen molar-refractivity contribution in [2.45, 2.75) is 12.5 Å². The highest BCUT2D eigenvalue weighted by Gasteiger charge is 2.05. The molecule has 0 saturated carbocycles. The molecule has 0 amide bonds. The van der Waals surface area contributed by atoms with Crippen LogP contribution in [-0.2, 0) is 6.42 Å². The standard InChI is InChI=1S/C14H15N.ClH/c15-14(13-9-5-2-6-10-13)11-12-7-3-1-4-8-12;/h1-10,14H,11,15H2;1H/p-1. The molecule has 1 nitrogen and oxygen atoms in total. The maximum atomic E-state index is 6.13. The molecular weight excluding hydrogens is 218 g/mol. The second-order valence-corrected chi connectivity index (χ2v) is 3.71. The molecule has 0 saturated heterocycles. The molecule has 0 heterocycles. The van der Waals surface area contributed by atoms with Gasteiger partial charge in [-0.15, -0.1) is 0 Å². The molecule has 16 heavy (non-hydrogen) atoms. The minimum absolute atomic E-state index is 0. The van der Waals surface area contributed by atoms with Crippen LogP contribution in [0.5, 0.6) is 0 Å². The predicted molar refractivity (Wildman–Crippen MR) is 63.5 cm³/mol. The zero-order chi connectivity index (χ0) is 10.5. The summed E-state index contributed by atoms with van der Waals surface area (Å²) in [6, 6.07) is 20.7. The van der Waals surface area contributed by atoms with Gasteiger partial charge in [-0.1, -0.05) is 60.7 Å². The Labute approximate surface area is 103 Å². The Hall–Kier alpha value is -1.31. The van der Waals surface area contributed by atoms with Crippen molar-refractivity contribution in [1.82, 2.24) is 0 Å². The van der Waals surface area contributed by atoms with Crippen LogP contribution in [0, 0.1) is 0 Å². The summed E-state index contributed by atoms with van der Waals surface area (Å²) in [5, 5.41) is 0. The van der Waals surface area contributed by atoms with Crippen LogP contribution in [0.25, 0.3) is 0 Å². The van der Waals surface area contributed by atoms with Gasteiger partial charge in [0.15, 0.2) is 0 Å². The van der Waals surface area contributed by atoms with E-state index < -0.39 is 0 Å². The van der Waals surface area contributed by atoms with Crippen LogP contribution in [0.3, 0.4) is 0 Å². The Morgan fingerprint density at radius 3 is 1.88 bits per heavy atom. The Bertz CT molecular complexity index is 400. The third-order valence-electron chi connectivity index (χ3n) is 2.53. The monoisotopic (exact) mass is 232 g/mol. The van der Waals surface area contributed by atoms with Crippen molar-refractivity contribution in [3.8, 4) is 0 Å². The molecule has 2 aromatic carbocycles. The van der Waals surface area contributed by atoms with Crippen molar-refractivity contribution in [3.05, 3.63) is 71.8 Å². The van der Waals surface area contributed by atoms with Crippen molar-refractivity contribution in [2.75, 3.05) is 0 Å². The van der Waals surface area contributed by atoms with E-state index in [4.69, 9.17) is 5.73 Å². The molecule has 2 aromatic rings. The molecule has 2 N–H and O–H groups in total. The van der Waals surface area contributed by atoms with E-state index in [1.807, 2.05) is 36.4 Å². The van der Waals surface area contributed by atoms with Gasteiger partial charge in [0.05, 0.1) is 0 Å². The van der Waals surface area contributed by atoms with Gasteiger partial charge in [-0.25, -0.2) is 0 Å². The molecule has 1 atom stereocenters. The average molecular weight is 233 g/mol. The number of halogens is 1. The third-order valence-corrected chi connectivity index (χ3v) is 2.53. The molecule has 2 heteroatoms. The second-order valence-electron chi connectivity index (χ2n) is 3.71. The average Bonchev–Trinajstić information content (AvgIpc) is 2.31. The topological polar surface area (TPSA) is 26.0 Å². The first-order chi connectivity index (χ1) is 7.36. The number of hydrogen-bond acceptors (Lipinski definition) is 1. The summed E-state index contributed by atoms with van der Waals surface area (Å²) in [4.78, 5) is 0. The number of nitrogens with two attached hydrogens (primary N) is 1. The lowest BCUT2D eigenvalue weighted by Crippen LogP contribution is -3.00. The highest BCUT2D eigenvalue weighted by Crippen LogP contribution is 2.15. The van der Waals surface area contributed by atoms with Crippen molar-refractivity contribution in [2.24, 2.45) is 5.73 Å². The number of hydrogen-bond donors (Lipinski definition) is 1. The van der Waals surface area contributed by atoms with Gasteiger partial charge in [0.25, 0.3) is 0 Å². The normalized spacial score (nSPS) is 11.6. The summed E-state index contributed by atoms with van der Waals surface area (Å²) in [7, 11) is 0. The lowest BCUT2D eigenvalue weighted by molar-refractivity contribution is -0.00000313. The van der Waals surface area contributed by atoms with Crippen LogP contribution in [0.1, 0.15) is 17.2 Å². The summed E-state index contributed by atoms with van der Waals surface area (Å²) in [6.07, 6.45) is 0.894. The van der Waals surface area contributed by atoms with Gasteiger partial charge in [-0.3, -0.25) is 0 Å². The molecule has 0 fully saturated rings. The molecule has 0 aliphatic rings. The van der Waals surface area contributed by atoms with Crippen LogP contribution < -0.4 is 18.1 Å². The molecular formula is C14H15ClN-. The Balaban J connectivity index is 0.00000128. The van der Waals surface area contributed by atoms with Crippen LogP contribution in [-0.4, -0.2) is 0 Å². The number of benzene rings is 2. The van der Waals surface area contributed by atoms with Crippen molar-refractivity contribution >= 4 is 0 Å². The smallest absolute Gasteiger partial charge is 0.0335 e. The highest BCUT2D eigenvalue weighted by atomic mass is 35.5. The van der Waals surface area contributed by atoms with Gasteiger partial charge in [-0.2, -0.15) is 0 Å². The number of rotatable bonds is 3. The van der Waals surface area contributed by atoms with E-state index in [9.17, 15) is 0 Å². The van der Waals surface area contributed by atoms with Gasteiger partial charge >= 0.3 is 0 Å². The van der Waals surface area contributed by atoms with E-state index in [2.05, 4.69) is 24.3 Å².